The Kier molecular flexibility index (Phi) is 3.93. The first kappa shape index (κ1) is 11.0. The van der Waals surface area contributed by atoms with Crippen LogP contribution in [0.2, 0.25) is 0 Å². The summed E-state index contributed by atoms with van der Waals surface area (Å²) in [5, 5.41) is 0. The van der Waals surface area contributed by atoms with Crippen molar-refractivity contribution >= 4 is 5.78 Å². The van der Waals surface area contributed by atoms with Gasteiger partial charge in [0, 0.05) is 12.3 Å². The number of rotatable bonds is 5. The highest BCUT2D eigenvalue weighted by atomic mass is 16.3. The number of Topliss-reactive ketones (excluding diaryl/α,β-unsaturated/α-hetero) is 1. The molecule has 0 radical (unpaired) electrons. The molecule has 0 atom stereocenters. The highest BCUT2D eigenvalue weighted by molar-refractivity contribution is 5.98. The average Bonchev–Trinajstić information content (AvgIpc) is 2.67. The fourth-order valence-electron chi connectivity index (χ4n) is 1.71. The van der Waals surface area contributed by atoms with Crippen molar-refractivity contribution < 1.29 is 9.21 Å². The van der Waals surface area contributed by atoms with Crippen molar-refractivity contribution in [2.75, 3.05) is 0 Å². The summed E-state index contributed by atoms with van der Waals surface area (Å²) >= 11 is 0. The van der Waals surface area contributed by atoms with Crippen LogP contribution in [0, 0.1) is 5.92 Å². The van der Waals surface area contributed by atoms with Gasteiger partial charge >= 0.3 is 0 Å². The summed E-state index contributed by atoms with van der Waals surface area (Å²) in [6, 6.07) is 1.79. The smallest absolute Gasteiger partial charge is 0.169 e. The Morgan fingerprint density at radius 1 is 1.36 bits per heavy atom. The van der Waals surface area contributed by atoms with Gasteiger partial charge in [-0.1, -0.05) is 20.8 Å². The van der Waals surface area contributed by atoms with Crippen molar-refractivity contribution in [1.82, 2.24) is 0 Å². The van der Waals surface area contributed by atoms with Gasteiger partial charge in [-0.2, -0.15) is 0 Å². The van der Waals surface area contributed by atoms with Gasteiger partial charge in [-0.3, -0.25) is 4.79 Å². The Hall–Kier alpha value is -1.05. The van der Waals surface area contributed by atoms with Crippen LogP contribution in [0.4, 0.5) is 0 Å². The van der Waals surface area contributed by atoms with Gasteiger partial charge in [-0.25, -0.2) is 0 Å². The molecule has 0 N–H and O–H groups in total. The lowest BCUT2D eigenvalue weighted by Gasteiger charge is -2.09. The summed E-state index contributed by atoms with van der Waals surface area (Å²) in [4.78, 5) is 12.0. The molecule has 0 aliphatic heterocycles. The van der Waals surface area contributed by atoms with Crippen LogP contribution >= 0.6 is 0 Å². The normalized spacial score (nSPS) is 10.9. The molecule has 0 amide bonds. The zero-order valence-electron chi connectivity index (χ0n) is 9.17. The minimum absolute atomic E-state index is 0.151. The second-order valence-electron chi connectivity index (χ2n) is 3.49. The molecule has 2 heteroatoms. The van der Waals surface area contributed by atoms with E-state index in [1.54, 1.807) is 12.3 Å². The van der Waals surface area contributed by atoms with Crippen molar-refractivity contribution in [3.8, 4) is 0 Å². The third-order valence-corrected chi connectivity index (χ3v) is 2.69. The fourth-order valence-corrected chi connectivity index (χ4v) is 1.71. The summed E-state index contributed by atoms with van der Waals surface area (Å²) in [6.07, 6.45) is 4.20. The van der Waals surface area contributed by atoms with Crippen LogP contribution in [0.3, 0.4) is 0 Å². The van der Waals surface area contributed by atoms with Crippen LogP contribution < -0.4 is 0 Å². The van der Waals surface area contributed by atoms with E-state index in [1.807, 2.05) is 6.92 Å². The van der Waals surface area contributed by atoms with Gasteiger partial charge in [-0.15, -0.1) is 0 Å². The number of carbonyl (C=O) groups is 1. The van der Waals surface area contributed by atoms with Crippen molar-refractivity contribution in [3.05, 3.63) is 23.7 Å². The van der Waals surface area contributed by atoms with Crippen LogP contribution in [-0.4, -0.2) is 5.78 Å². The van der Waals surface area contributed by atoms with Gasteiger partial charge in [0.15, 0.2) is 5.78 Å². The lowest BCUT2D eigenvalue weighted by Crippen LogP contribution is -2.13. The maximum Gasteiger partial charge on any atom is 0.169 e. The van der Waals surface area contributed by atoms with Crippen LogP contribution in [-0.2, 0) is 6.42 Å². The van der Waals surface area contributed by atoms with Gasteiger partial charge in [0.25, 0.3) is 0 Å². The summed E-state index contributed by atoms with van der Waals surface area (Å²) in [5.74, 6) is 1.21. The summed E-state index contributed by atoms with van der Waals surface area (Å²) in [7, 11) is 0. The highest BCUT2D eigenvalue weighted by Crippen LogP contribution is 2.20. The molecule has 1 rings (SSSR count). The van der Waals surface area contributed by atoms with E-state index in [4.69, 9.17) is 4.42 Å². The Morgan fingerprint density at radius 2 is 2.00 bits per heavy atom. The Bertz CT molecular complexity index is 295. The zero-order chi connectivity index (χ0) is 10.6. The number of ketones is 1. The average molecular weight is 194 g/mol. The number of furan rings is 1. The topological polar surface area (TPSA) is 30.2 Å². The van der Waals surface area contributed by atoms with Crippen LogP contribution in [0.15, 0.2) is 16.7 Å². The number of carbonyl (C=O) groups excluding carboxylic acids is 1. The van der Waals surface area contributed by atoms with Gasteiger partial charge < -0.3 is 4.42 Å². The predicted molar refractivity (Wildman–Crippen MR) is 56.5 cm³/mol. The first-order chi connectivity index (χ1) is 6.74. The molecule has 1 aromatic heterocycles. The summed E-state index contributed by atoms with van der Waals surface area (Å²) in [6.45, 7) is 6.11. The Morgan fingerprint density at radius 3 is 2.50 bits per heavy atom. The number of hydrogen-bond acceptors (Lipinski definition) is 2. The molecule has 0 aromatic carbocycles. The lowest BCUT2D eigenvalue weighted by molar-refractivity contribution is 0.0911. The van der Waals surface area contributed by atoms with E-state index in [9.17, 15) is 4.79 Å². The predicted octanol–water partition coefficient (Wildman–Crippen LogP) is 3.46. The highest BCUT2D eigenvalue weighted by Gasteiger charge is 2.20. The molecule has 1 aromatic rings. The molecule has 1 heterocycles. The monoisotopic (exact) mass is 194 g/mol. The maximum absolute atomic E-state index is 12.0. The number of aryl methyl sites for hydroxylation is 1. The molecule has 14 heavy (non-hydrogen) atoms. The SMILES string of the molecule is CCc1occc1C(=O)C(CC)CC. The van der Waals surface area contributed by atoms with Crippen LogP contribution in [0.1, 0.15) is 49.7 Å². The van der Waals surface area contributed by atoms with E-state index in [0.717, 1.165) is 30.6 Å². The van der Waals surface area contributed by atoms with Gasteiger partial charge in [0.05, 0.1) is 11.8 Å². The molecule has 0 aliphatic rings. The Balaban J connectivity index is 2.87. The first-order valence-corrected chi connectivity index (χ1v) is 5.35. The van der Waals surface area contributed by atoms with Gasteiger partial charge in [0.1, 0.15) is 5.76 Å². The lowest BCUT2D eigenvalue weighted by atomic mass is 9.93. The first-order valence-electron chi connectivity index (χ1n) is 5.35. The zero-order valence-corrected chi connectivity index (χ0v) is 9.17. The molecule has 0 bridgehead atoms. The molecule has 0 spiro atoms. The minimum atomic E-state index is 0.151. The van der Waals surface area contributed by atoms with E-state index in [-0.39, 0.29) is 11.7 Å². The quantitative estimate of drug-likeness (QED) is 0.672. The second kappa shape index (κ2) is 4.99. The second-order valence-corrected chi connectivity index (χ2v) is 3.49. The molecule has 0 fully saturated rings. The minimum Gasteiger partial charge on any atom is -0.469 e. The molecular formula is C12H18O2. The van der Waals surface area contributed by atoms with Crippen molar-refractivity contribution in [2.24, 2.45) is 5.92 Å². The Labute approximate surface area is 85.3 Å². The molecule has 0 aliphatic carbocycles. The van der Waals surface area contributed by atoms with Crippen LogP contribution in [0.25, 0.3) is 0 Å². The van der Waals surface area contributed by atoms with Crippen molar-refractivity contribution in [2.45, 2.75) is 40.0 Å². The van der Waals surface area contributed by atoms with E-state index >= 15 is 0 Å². The molecule has 0 unspecified atom stereocenters. The molecular weight excluding hydrogens is 176 g/mol. The van der Waals surface area contributed by atoms with Gasteiger partial charge in [-0.05, 0) is 18.9 Å². The standard InChI is InChI=1S/C12H18O2/c1-4-9(5-2)12(13)10-7-8-14-11(10)6-3/h7-9H,4-6H2,1-3H3. The molecule has 0 saturated heterocycles. The fraction of sp³-hybridized carbons (Fsp3) is 0.583. The molecule has 2 nitrogen and oxygen atoms in total. The van der Waals surface area contributed by atoms with Crippen molar-refractivity contribution in [3.63, 3.8) is 0 Å². The maximum atomic E-state index is 12.0. The van der Waals surface area contributed by atoms with E-state index in [0.29, 0.717) is 0 Å². The summed E-state index contributed by atoms with van der Waals surface area (Å²) < 4.78 is 5.25. The van der Waals surface area contributed by atoms with Crippen molar-refractivity contribution in [1.29, 1.82) is 0 Å². The van der Waals surface area contributed by atoms with E-state index in [2.05, 4.69) is 13.8 Å². The number of hydrogen-bond donors (Lipinski definition) is 0. The van der Waals surface area contributed by atoms with E-state index < -0.39 is 0 Å². The largest absolute Gasteiger partial charge is 0.469 e. The third-order valence-electron chi connectivity index (χ3n) is 2.69. The summed E-state index contributed by atoms with van der Waals surface area (Å²) in [5.41, 5.74) is 0.779. The molecule has 78 valence electrons. The third kappa shape index (κ3) is 2.06. The van der Waals surface area contributed by atoms with Crippen LogP contribution in [0.5, 0.6) is 0 Å². The molecule has 0 saturated carbocycles. The van der Waals surface area contributed by atoms with E-state index in [1.165, 1.54) is 0 Å². The van der Waals surface area contributed by atoms with Gasteiger partial charge in [0.2, 0.25) is 0 Å².